The van der Waals surface area contributed by atoms with Crippen LogP contribution in [0, 0.1) is 6.92 Å². The third kappa shape index (κ3) is 3.32. The molecule has 0 aliphatic rings. The monoisotopic (exact) mass is 334 g/mol. The Bertz CT molecular complexity index is 777. The molecule has 3 aromatic rings. The molecule has 0 unspecified atom stereocenters. The van der Waals surface area contributed by atoms with E-state index in [1.54, 1.807) is 23.5 Å². The number of hydrogen-bond donors (Lipinski definition) is 1. The van der Waals surface area contributed by atoms with E-state index >= 15 is 0 Å². The number of thiophene rings is 1. The van der Waals surface area contributed by atoms with Gasteiger partial charge in [0.2, 0.25) is 0 Å². The fraction of sp³-hybridized carbons (Fsp3) is 0.0667. The molecule has 3 rings (SSSR count). The Morgan fingerprint density at radius 1 is 1.19 bits per heavy atom. The summed E-state index contributed by atoms with van der Waals surface area (Å²) in [5.41, 5.74) is 2.75. The number of aryl methyl sites for hydroxylation is 1. The van der Waals surface area contributed by atoms with Crippen molar-refractivity contribution < 1.29 is 4.79 Å². The summed E-state index contributed by atoms with van der Waals surface area (Å²) in [6.07, 6.45) is 0. The SMILES string of the molecule is Cc1nc(-c2ccc(NC(=O)c3ccc(Cl)s3)cc2)cs1. The number of carbonyl (C=O) groups excluding carboxylic acids is 1. The van der Waals surface area contributed by atoms with Crippen molar-refractivity contribution in [2.24, 2.45) is 0 Å². The fourth-order valence-corrected chi connectivity index (χ4v) is 3.41. The first-order valence-electron chi connectivity index (χ1n) is 6.21. The van der Waals surface area contributed by atoms with Crippen LogP contribution in [0.4, 0.5) is 5.69 Å². The summed E-state index contributed by atoms with van der Waals surface area (Å²) < 4.78 is 0.606. The van der Waals surface area contributed by atoms with Gasteiger partial charge in [0.1, 0.15) is 0 Å². The van der Waals surface area contributed by atoms with Gasteiger partial charge in [0.25, 0.3) is 5.91 Å². The molecule has 0 atom stereocenters. The average molecular weight is 335 g/mol. The van der Waals surface area contributed by atoms with Gasteiger partial charge in [0, 0.05) is 16.6 Å². The second-order valence-electron chi connectivity index (χ2n) is 4.39. The number of rotatable bonds is 3. The minimum Gasteiger partial charge on any atom is -0.321 e. The van der Waals surface area contributed by atoms with E-state index in [0.717, 1.165) is 22.0 Å². The van der Waals surface area contributed by atoms with Gasteiger partial charge in [-0.05, 0) is 31.2 Å². The van der Waals surface area contributed by atoms with E-state index in [1.165, 1.54) is 11.3 Å². The molecule has 0 saturated heterocycles. The summed E-state index contributed by atoms with van der Waals surface area (Å²) in [6.45, 7) is 1.98. The predicted octanol–water partition coefficient (Wildman–Crippen LogP) is 5.09. The van der Waals surface area contributed by atoms with Crippen molar-refractivity contribution in [2.45, 2.75) is 6.92 Å². The first kappa shape index (κ1) is 14.3. The van der Waals surface area contributed by atoms with Gasteiger partial charge in [-0.25, -0.2) is 4.98 Å². The van der Waals surface area contributed by atoms with E-state index < -0.39 is 0 Å². The van der Waals surface area contributed by atoms with E-state index in [9.17, 15) is 4.79 Å². The van der Waals surface area contributed by atoms with E-state index in [0.29, 0.717) is 9.21 Å². The molecule has 6 heteroatoms. The third-order valence-corrected chi connectivity index (χ3v) is 4.86. The average Bonchev–Trinajstić information content (AvgIpc) is 3.08. The normalized spacial score (nSPS) is 10.6. The highest BCUT2D eigenvalue weighted by atomic mass is 35.5. The van der Waals surface area contributed by atoms with Crippen LogP contribution in [0.25, 0.3) is 11.3 Å². The smallest absolute Gasteiger partial charge is 0.265 e. The highest BCUT2D eigenvalue weighted by molar-refractivity contribution is 7.18. The molecule has 0 aliphatic heterocycles. The van der Waals surface area contributed by atoms with Crippen LogP contribution in [0.5, 0.6) is 0 Å². The Kier molecular flexibility index (Phi) is 4.05. The maximum absolute atomic E-state index is 12.0. The van der Waals surface area contributed by atoms with Crippen LogP contribution in [0.1, 0.15) is 14.7 Å². The minimum absolute atomic E-state index is 0.149. The van der Waals surface area contributed by atoms with E-state index in [1.807, 2.05) is 36.6 Å². The number of hydrogen-bond acceptors (Lipinski definition) is 4. The summed E-state index contributed by atoms with van der Waals surface area (Å²) in [6, 6.07) is 11.1. The largest absolute Gasteiger partial charge is 0.321 e. The maximum atomic E-state index is 12.0. The molecule has 21 heavy (non-hydrogen) atoms. The number of nitrogens with zero attached hydrogens (tertiary/aromatic N) is 1. The minimum atomic E-state index is -0.149. The van der Waals surface area contributed by atoms with Crippen molar-refractivity contribution in [3.63, 3.8) is 0 Å². The van der Waals surface area contributed by atoms with Crippen LogP contribution in [-0.4, -0.2) is 10.9 Å². The number of halogens is 1. The molecular weight excluding hydrogens is 324 g/mol. The first-order valence-corrected chi connectivity index (χ1v) is 8.28. The number of aromatic nitrogens is 1. The zero-order chi connectivity index (χ0) is 14.8. The quantitative estimate of drug-likeness (QED) is 0.725. The maximum Gasteiger partial charge on any atom is 0.265 e. The molecule has 2 aromatic heterocycles. The molecule has 1 N–H and O–H groups in total. The Morgan fingerprint density at radius 3 is 2.52 bits per heavy atom. The van der Waals surface area contributed by atoms with Crippen molar-refractivity contribution in [3.8, 4) is 11.3 Å². The molecule has 0 radical (unpaired) electrons. The van der Waals surface area contributed by atoms with E-state index in [-0.39, 0.29) is 5.91 Å². The van der Waals surface area contributed by atoms with E-state index in [4.69, 9.17) is 11.6 Å². The Morgan fingerprint density at radius 2 is 1.95 bits per heavy atom. The second kappa shape index (κ2) is 5.97. The Hall–Kier alpha value is -1.69. The van der Waals surface area contributed by atoms with E-state index in [2.05, 4.69) is 10.3 Å². The molecule has 1 aromatic carbocycles. The summed E-state index contributed by atoms with van der Waals surface area (Å²) >= 11 is 8.71. The lowest BCUT2D eigenvalue weighted by Crippen LogP contribution is -2.09. The Balaban J connectivity index is 1.74. The van der Waals surface area contributed by atoms with Gasteiger partial charge < -0.3 is 5.32 Å². The highest BCUT2D eigenvalue weighted by Gasteiger charge is 2.09. The molecule has 0 aliphatic carbocycles. The van der Waals surface area contributed by atoms with Crippen molar-refractivity contribution >= 4 is 45.9 Å². The van der Waals surface area contributed by atoms with Gasteiger partial charge >= 0.3 is 0 Å². The second-order valence-corrected chi connectivity index (χ2v) is 7.16. The van der Waals surface area contributed by atoms with Gasteiger partial charge in [0.05, 0.1) is 19.9 Å². The molecular formula is C15H11ClN2OS2. The molecule has 106 valence electrons. The summed E-state index contributed by atoms with van der Waals surface area (Å²) in [4.78, 5) is 17.1. The van der Waals surface area contributed by atoms with Gasteiger partial charge in [-0.1, -0.05) is 23.7 Å². The standard InChI is InChI=1S/C15H11ClN2OS2/c1-9-17-12(8-20-9)10-2-4-11(5-3-10)18-15(19)13-6-7-14(16)21-13/h2-8H,1H3,(H,18,19). The number of amides is 1. The molecule has 0 fully saturated rings. The van der Waals surface area contributed by atoms with Crippen molar-refractivity contribution in [2.75, 3.05) is 5.32 Å². The molecule has 0 bridgehead atoms. The van der Waals surface area contributed by atoms with Crippen LogP contribution in [-0.2, 0) is 0 Å². The van der Waals surface area contributed by atoms with Crippen molar-refractivity contribution in [1.82, 2.24) is 4.98 Å². The Labute approximate surface area is 135 Å². The van der Waals surface area contributed by atoms with Crippen LogP contribution < -0.4 is 5.32 Å². The van der Waals surface area contributed by atoms with Gasteiger partial charge in [-0.15, -0.1) is 22.7 Å². The van der Waals surface area contributed by atoms with Gasteiger partial charge in [-0.2, -0.15) is 0 Å². The summed E-state index contributed by atoms with van der Waals surface area (Å²) in [7, 11) is 0. The number of carbonyl (C=O) groups is 1. The molecule has 0 saturated carbocycles. The van der Waals surface area contributed by atoms with Crippen LogP contribution in [0.3, 0.4) is 0 Å². The van der Waals surface area contributed by atoms with Gasteiger partial charge in [-0.3, -0.25) is 4.79 Å². The highest BCUT2D eigenvalue weighted by Crippen LogP contribution is 2.25. The topological polar surface area (TPSA) is 42.0 Å². The fourth-order valence-electron chi connectivity index (χ4n) is 1.85. The van der Waals surface area contributed by atoms with Crippen LogP contribution in [0.15, 0.2) is 41.8 Å². The molecule has 1 amide bonds. The third-order valence-electron chi connectivity index (χ3n) is 2.85. The van der Waals surface area contributed by atoms with Crippen LogP contribution >= 0.6 is 34.3 Å². The molecule has 3 nitrogen and oxygen atoms in total. The lowest BCUT2D eigenvalue weighted by Gasteiger charge is -2.04. The molecule has 0 spiro atoms. The zero-order valence-electron chi connectivity index (χ0n) is 11.1. The van der Waals surface area contributed by atoms with Crippen molar-refractivity contribution in [1.29, 1.82) is 0 Å². The van der Waals surface area contributed by atoms with Crippen LogP contribution in [0.2, 0.25) is 4.34 Å². The predicted molar refractivity (Wildman–Crippen MR) is 89.6 cm³/mol. The number of nitrogens with one attached hydrogen (secondary N) is 1. The van der Waals surface area contributed by atoms with Gasteiger partial charge in [0.15, 0.2) is 0 Å². The summed E-state index contributed by atoms with van der Waals surface area (Å²) in [5.74, 6) is -0.149. The lowest BCUT2D eigenvalue weighted by molar-refractivity contribution is 0.103. The van der Waals surface area contributed by atoms with Crippen molar-refractivity contribution in [3.05, 3.63) is 56.0 Å². The zero-order valence-corrected chi connectivity index (χ0v) is 13.5. The number of anilines is 1. The molecule has 2 heterocycles. The number of thiazole rings is 1. The first-order chi connectivity index (χ1) is 10.1. The summed E-state index contributed by atoms with van der Waals surface area (Å²) in [5, 5.41) is 5.91. The number of benzene rings is 1. The lowest BCUT2D eigenvalue weighted by atomic mass is 10.1.